The van der Waals surface area contributed by atoms with E-state index in [2.05, 4.69) is 20.9 Å². The number of ether oxygens (including phenoxy) is 1. The maximum atomic E-state index is 11.5. The molecule has 1 aliphatic rings. The Bertz CT molecular complexity index is 352. The summed E-state index contributed by atoms with van der Waals surface area (Å²) in [6.45, 7) is 1.33. The van der Waals surface area contributed by atoms with Crippen molar-refractivity contribution in [2.45, 2.75) is 51.5 Å². The molecule has 0 aliphatic heterocycles. The number of rotatable bonds is 4. The van der Waals surface area contributed by atoms with E-state index in [9.17, 15) is 14.4 Å². The van der Waals surface area contributed by atoms with Crippen LogP contribution in [-0.4, -0.2) is 31.1 Å². The van der Waals surface area contributed by atoms with Crippen LogP contribution in [0.25, 0.3) is 0 Å². The monoisotopic (exact) mass is 285 g/mol. The molecule has 0 bridgehead atoms. The lowest BCUT2D eigenvalue weighted by atomic mass is 9.83. The topological polar surface area (TPSA) is 96.5 Å². The maximum Gasteiger partial charge on any atom is 0.333 e. The van der Waals surface area contributed by atoms with Gasteiger partial charge in [0.15, 0.2) is 0 Å². The minimum Gasteiger partial charge on any atom is -0.469 e. The number of hydrogen-bond donors (Lipinski definition) is 3. The van der Waals surface area contributed by atoms with E-state index in [1.807, 2.05) is 0 Å². The number of amides is 3. The molecule has 1 saturated carbocycles. The van der Waals surface area contributed by atoms with Crippen LogP contribution in [0.15, 0.2) is 0 Å². The van der Waals surface area contributed by atoms with E-state index in [1.165, 1.54) is 14.0 Å². The molecular formula is C13H23N3O4. The molecule has 0 aromatic rings. The molecular weight excluding hydrogens is 262 g/mol. The Morgan fingerprint density at radius 1 is 1.10 bits per heavy atom. The van der Waals surface area contributed by atoms with Gasteiger partial charge in [-0.2, -0.15) is 0 Å². The number of carbonyl (C=O) groups excluding carboxylic acids is 3. The highest BCUT2D eigenvalue weighted by Crippen LogP contribution is 2.27. The van der Waals surface area contributed by atoms with Gasteiger partial charge in [-0.3, -0.25) is 15.0 Å². The lowest BCUT2D eigenvalue weighted by Gasteiger charge is -2.28. The molecule has 0 aromatic heterocycles. The molecule has 20 heavy (non-hydrogen) atoms. The van der Waals surface area contributed by atoms with Crippen molar-refractivity contribution in [1.29, 1.82) is 0 Å². The molecule has 0 heterocycles. The summed E-state index contributed by atoms with van der Waals surface area (Å²) >= 11 is 0. The minimum atomic E-state index is -0.391. The molecule has 0 radical (unpaired) electrons. The number of urea groups is 1. The minimum absolute atomic E-state index is 0.123. The molecule has 7 heteroatoms. The number of methoxy groups -OCH3 is 1. The van der Waals surface area contributed by atoms with Gasteiger partial charge in [0.1, 0.15) is 0 Å². The summed E-state index contributed by atoms with van der Waals surface area (Å²) in [5.74, 6) is 0.0390. The predicted octanol–water partition coefficient (Wildman–Crippen LogP) is 0.849. The summed E-state index contributed by atoms with van der Waals surface area (Å²) in [4.78, 5) is 33.2. The zero-order chi connectivity index (χ0) is 15.0. The van der Waals surface area contributed by atoms with Gasteiger partial charge >= 0.3 is 12.0 Å². The largest absolute Gasteiger partial charge is 0.469 e. The highest BCUT2D eigenvalue weighted by molar-refractivity contribution is 5.79. The van der Waals surface area contributed by atoms with Gasteiger partial charge in [0.05, 0.1) is 7.11 Å². The summed E-state index contributed by atoms with van der Waals surface area (Å²) in [6, 6.07) is -0.267. The second-order valence-corrected chi connectivity index (χ2v) is 5.11. The third-order valence-corrected chi connectivity index (χ3v) is 3.52. The molecule has 7 nitrogen and oxygen atoms in total. The standard InChI is InChI=1S/C13H23N3O4/c1-9(17)15-16-13(19)14-11-6-3-10(4-7-11)5-8-12(18)20-2/h10-11H,3-8H2,1-2H3,(H,15,17)(H2,14,16,19). The zero-order valence-corrected chi connectivity index (χ0v) is 12.0. The lowest BCUT2D eigenvalue weighted by Crippen LogP contribution is -2.50. The number of carbonyl (C=O) groups is 3. The first kappa shape index (κ1) is 16.3. The summed E-state index contributed by atoms with van der Waals surface area (Å²) in [6.07, 6.45) is 5.06. The van der Waals surface area contributed by atoms with Crippen LogP contribution >= 0.6 is 0 Å². The Kier molecular flexibility index (Phi) is 6.83. The summed E-state index contributed by atoms with van der Waals surface area (Å²) in [5.41, 5.74) is 4.51. The maximum absolute atomic E-state index is 11.5. The molecule has 0 saturated heterocycles. The second-order valence-electron chi connectivity index (χ2n) is 5.11. The van der Waals surface area contributed by atoms with Crippen molar-refractivity contribution < 1.29 is 19.1 Å². The van der Waals surface area contributed by atoms with Crippen molar-refractivity contribution in [1.82, 2.24) is 16.2 Å². The Balaban J connectivity index is 2.16. The molecule has 3 amide bonds. The van der Waals surface area contributed by atoms with Gasteiger partial charge in [0.25, 0.3) is 0 Å². The van der Waals surface area contributed by atoms with Crippen molar-refractivity contribution in [3.63, 3.8) is 0 Å². The highest BCUT2D eigenvalue weighted by Gasteiger charge is 2.22. The summed E-state index contributed by atoms with van der Waals surface area (Å²) in [5, 5.41) is 2.81. The second kappa shape index (κ2) is 8.39. The third kappa shape index (κ3) is 6.40. The quantitative estimate of drug-likeness (QED) is 0.527. The number of esters is 1. The van der Waals surface area contributed by atoms with E-state index >= 15 is 0 Å². The zero-order valence-electron chi connectivity index (χ0n) is 12.0. The normalized spacial score (nSPS) is 21.7. The molecule has 3 N–H and O–H groups in total. The van der Waals surface area contributed by atoms with E-state index in [0.29, 0.717) is 12.3 Å². The average molecular weight is 285 g/mol. The van der Waals surface area contributed by atoms with Crippen LogP contribution in [0.1, 0.15) is 45.4 Å². The van der Waals surface area contributed by atoms with Crippen molar-refractivity contribution in [3.05, 3.63) is 0 Å². The molecule has 1 fully saturated rings. The van der Waals surface area contributed by atoms with E-state index in [-0.39, 0.29) is 17.9 Å². The van der Waals surface area contributed by atoms with Crippen LogP contribution < -0.4 is 16.2 Å². The molecule has 1 aliphatic carbocycles. The van der Waals surface area contributed by atoms with Crippen LogP contribution in [-0.2, 0) is 14.3 Å². The van der Waals surface area contributed by atoms with E-state index in [1.54, 1.807) is 0 Å². The number of hydrazine groups is 1. The van der Waals surface area contributed by atoms with E-state index in [0.717, 1.165) is 32.1 Å². The fraction of sp³-hybridized carbons (Fsp3) is 0.769. The molecule has 0 atom stereocenters. The van der Waals surface area contributed by atoms with Gasteiger partial charge in [0.2, 0.25) is 5.91 Å². The molecule has 0 aromatic carbocycles. The van der Waals surface area contributed by atoms with Crippen LogP contribution in [0.3, 0.4) is 0 Å². The third-order valence-electron chi connectivity index (χ3n) is 3.52. The van der Waals surface area contributed by atoms with E-state index < -0.39 is 6.03 Å². The van der Waals surface area contributed by atoms with Gasteiger partial charge in [-0.15, -0.1) is 0 Å². The fourth-order valence-electron chi connectivity index (χ4n) is 2.39. The van der Waals surface area contributed by atoms with Crippen molar-refractivity contribution >= 4 is 17.9 Å². The van der Waals surface area contributed by atoms with Gasteiger partial charge in [-0.05, 0) is 38.0 Å². The first-order valence-electron chi connectivity index (χ1n) is 6.91. The Morgan fingerprint density at radius 3 is 2.30 bits per heavy atom. The van der Waals surface area contributed by atoms with Crippen molar-refractivity contribution in [2.24, 2.45) is 5.92 Å². The molecule has 0 unspecified atom stereocenters. The number of nitrogens with one attached hydrogen (secondary N) is 3. The number of hydrogen-bond acceptors (Lipinski definition) is 4. The molecule has 1 rings (SSSR count). The highest BCUT2D eigenvalue weighted by atomic mass is 16.5. The van der Waals surface area contributed by atoms with Crippen LogP contribution in [0.2, 0.25) is 0 Å². The SMILES string of the molecule is COC(=O)CCC1CCC(NC(=O)NNC(C)=O)CC1. The van der Waals surface area contributed by atoms with Gasteiger partial charge in [-0.1, -0.05) is 0 Å². The lowest BCUT2D eigenvalue weighted by molar-refractivity contribution is -0.141. The first-order chi connectivity index (χ1) is 9.51. The first-order valence-corrected chi connectivity index (χ1v) is 6.91. The Morgan fingerprint density at radius 2 is 1.75 bits per heavy atom. The van der Waals surface area contributed by atoms with Gasteiger partial charge in [-0.25, -0.2) is 10.2 Å². The molecule has 114 valence electrons. The Hall–Kier alpha value is -1.79. The van der Waals surface area contributed by atoms with Crippen molar-refractivity contribution in [3.8, 4) is 0 Å². The van der Waals surface area contributed by atoms with Crippen LogP contribution in [0, 0.1) is 5.92 Å². The Labute approximate surface area is 118 Å². The van der Waals surface area contributed by atoms with Crippen molar-refractivity contribution in [2.75, 3.05) is 7.11 Å². The average Bonchev–Trinajstić information content (AvgIpc) is 2.44. The van der Waals surface area contributed by atoms with Gasteiger partial charge in [0, 0.05) is 19.4 Å². The van der Waals surface area contributed by atoms with Crippen LogP contribution in [0.4, 0.5) is 4.79 Å². The smallest absolute Gasteiger partial charge is 0.333 e. The van der Waals surface area contributed by atoms with Crippen LogP contribution in [0.5, 0.6) is 0 Å². The summed E-state index contributed by atoms with van der Waals surface area (Å²) in [7, 11) is 1.40. The predicted molar refractivity (Wildman–Crippen MR) is 72.5 cm³/mol. The fourth-order valence-corrected chi connectivity index (χ4v) is 2.39. The van der Waals surface area contributed by atoms with Gasteiger partial charge < -0.3 is 10.1 Å². The summed E-state index contributed by atoms with van der Waals surface area (Å²) < 4.78 is 4.62. The van der Waals surface area contributed by atoms with E-state index in [4.69, 9.17) is 0 Å². The molecule has 0 spiro atoms.